The van der Waals surface area contributed by atoms with Crippen LogP contribution in [0.1, 0.15) is 47.3 Å². The number of amides is 3. The maximum Gasteiger partial charge on any atom is 0.279 e. The smallest absolute Gasteiger partial charge is 0.279 e. The molecular formula is C15H21N3O3S. The summed E-state index contributed by atoms with van der Waals surface area (Å²) in [4.78, 5) is 37.1. The maximum absolute atomic E-state index is 12.1. The third-order valence-electron chi connectivity index (χ3n) is 3.58. The van der Waals surface area contributed by atoms with Gasteiger partial charge in [-0.15, -0.1) is 11.3 Å². The molecule has 2 rings (SSSR count). The highest BCUT2D eigenvalue weighted by atomic mass is 32.1. The van der Waals surface area contributed by atoms with Gasteiger partial charge in [0.05, 0.1) is 4.88 Å². The Labute approximate surface area is 133 Å². The minimum absolute atomic E-state index is 0.0775. The zero-order chi connectivity index (χ0) is 16.3. The average molecular weight is 323 g/mol. The third-order valence-corrected chi connectivity index (χ3v) is 4.81. The van der Waals surface area contributed by atoms with Crippen LogP contribution >= 0.6 is 11.3 Å². The Morgan fingerprint density at radius 3 is 2.50 bits per heavy atom. The molecule has 3 amide bonds. The summed E-state index contributed by atoms with van der Waals surface area (Å²) in [5.74, 6) is -1.11. The van der Waals surface area contributed by atoms with E-state index in [1.807, 2.05) is 19.9 Å². The summed E-state index contributed by atoms with van der Waals surface area (Å²) in [6, 6.07) is 1.22. The van der Waals surface area contributed by atoms with Crippen molar-refractivity contribution >= 4 is 29.1 Å². The van der Waals surface area contributed by atoms with Crippen molar-refractivity contribution in [2.45, 2.75) is 46.1 Å². The van der Waals surface area contributed by atoms with E-state index in [2.05, 4.69) is 16.2 Å². The van der Waals surface area contributed by atoms with Crippen LogP contribution in [0.15, 0.2) is 6.07 Å². The summed E-state index contributed by atoms with van der Waals surface area (Å²) in [5.41, 5.74) is 6.04. The molecule has 0 saturated heterocycles. The maximum atomic E-state index is 12.1. The monoisotopic (exact) mass is 323 g/mol. The fourth-order valence-electron chi connectivity index (χ4n) is 2.45. The molecule has 0 spiro atoms. The molecule has 1 unspecified atom stereocenters. The number of rotatable bonds is 4. The Bertz CT molecular complexity index is 573. The highest BCUT2D eigenvalue weighted by molar-refractivity contribution is 7.14. The summed E-state index contributed by atoms with van der Waals surface area (Å²) in [7, 11) is 0. The van der Waals surface area contributed by atoms with E-state index in [0.717, 1.165) is 19.3 Å². The number of nitrogens with one attached hydrogen (secondary N) is 3. The third kappa shape index (κ3) is 3.85. The van der Waals surface area contributed by atoms with Gasteiger partial charge in [0, 0.05) is 11.8 Å². The van der Waals surface area contributed by atoms with Gasteiger partial charge in [0.2, 0.25) is 5.91 Å². The Kier molecular flexibility index (Phi) is 5.18. The van der Waals surface area contributed by atoms with Crippen molar-refractivity contribution in [3.05, 3.63) is 21.4 Å². The molecule has 1 aliphatic carbocycles. The predicted octanol–water partition coefficient (Wildman–Crippen LogP) is 1.16. The van der Waals surface area contributed by atoms with Gasteiger partial charge < -0.3 is 5.32 Å². The van der Waals surface area contributed by atoms with E-state index >= 15 is 0 Å². The average Bonchev–Trinajstić information content (AvgIpc) is 3.02. The van der Waals surface area contributed by atoms with Crippen molar-refractivity contribution in [1.29, 1.82) is 0 Å². The molecule has 0 fully saturated rings. The van der Waals surface area contributed by atoms with Gasteiger partial charge in [-0.25, -0.2) is 0 Å². The normalized spacial score (nSPS) is 14.4. The highest BCUT2D eigenvalue weighted by Crippen LogP contribution is 2.30. The van der Waals surface area contributed by atoms with Gasteiger partial charge >= 0.3 is 0 Å². The van der Waals surface area contributed by atoms with E-state index in [1.54, 1.807) is 0 Å². The SMILES string of the molecule is CC(=O)NC(C(=O)NNC(=O)c1cc2c(s1)CCC2)C(C)C. The van der Waals surface area contributed by atoms with Crippen LogP contribution in [0, 0.1) is 5.92 Å². The van der Waals surface area contributed by atoms with Gasteiger partial charge in [-0.05, 0) is 36.8 Å². The number of fused-ring (bicyclic) bond motifs is 1. The lowest BCUT2D eigenvalue weighted by molar-refractivity contribution is -0.129. The largest absolute Gasteiger partial charge is 0.344 e. The molecule has 0 aromatic carbocycles. The number of hydrazine groups is 1. The second kappa shape index (κ2) is 6.91. The van der Waals surface area contributed by atoms with Gasteiger partial charge in [0.15, 0.2) is 0 Å². The first-order valence-corrected chi connectivity index (χ1v) is 8.19. The standard InChI is InChI=1S/C15H21N3O3S/c1-8(2)13(16-9(3)19)15(21)18-17-14(20)12-7-10-5-4-6-11(10)22-12/h7-8,13H,4-6H2,1-3H3,(H,16,19)(H,17,20)(H,18,21). The highest BCUT2D eigenvalue weighted by Gasteiger charge is 2.24. The molecule has 0 bridgehead atoms. The molecule has 7 heteroatoms. The quantitative estimate of drug-likeness (QED) is 0.727. The fourth-order valence-corrected chi connectivity index (χ4v) is 3.60. The van der Waals surface area contributed by atoms with Crippen LogP contribution in [0.4, 0.5) is 0 Å². The molecule has 1 aromatic rings. The van der Waals surface area contributed by atoms with Crippen molar-refractivity contribution in [1.82, 2.24) is 16.2 Å². The van der Waals surface area contributed by atoms with Gasteiger partial charge in [-0.3, -0.25) is 25.2 Å². The van der Waals surface area contributed by atoms with Crippen LogP contribution in [-0.4, -0.2) is 23.8 Å². The summed E-state index contributed by atoms with van der Waals surface area (Å²) < 4.78 is 0. The molecule has 1 heterocycles. The van der Waals surface area contributed by atoms with E-state index in [0.29, 0.717) is 4.88 Å². The van der Waals surface area contributed by atoms with E-state index in [9.17, 15) is 14.4 Å². The number of thiophene rings is 1. The molecule has 22 heavy (non-hydrogen) atoms. The molecule has 1 aromatic heterocycles. The molecule has 0 radical (unpaired) electrons. The van der Waals surface area contributed by atoms with Crippen LogP contribution < -0.4 is 16.2 Å². The van der Waals surface area contributed by atoms with Gasteiger partial charge in [-0.1, -0.05) is 13.8 Å². The topological polar surface area (TPSA) is 87.3 Å². The summed E-state index contributed by atoms with van der Waals surface area (Å²) >= 11 is 1.47. The number of hydrogen-bond donors (Lipinski definition) is 3. The minimum atomic E-state index is -0.675. The Hall–Kier alpha value is -1.89. The Morgan fingerprint density at radius 1 is 1.18 bits per heavy atom. The number of aryl methyl sites for hydroxylation is 2. The van der Waals surface area contributed by atoms with E-state index in [1.165, 1.54) is 28.7 Å². The lowest BCUT2D eigenvalue weighted by Gasteiger charge is -2.20. The van der Waals surface area contributed by atoms with E-state index in [4.69, 9.17) is 0 Å². The van der Waals surface area contributed by atoms with Crippen LogP contribution in [0.3, 0.4) is 0 Å². The number of carbonyl (C=O) groups is 3. The van der Waals surface area contributed by atoms with Crippen molar-refractivity contribution in [3.63, 3.8) is 0 Å². The first kappa shape index (κ1) is 16.5. The molecule has 1 atom stereocenters. The first-order valence-electron chi connectivity index (χ1n) is 7.37. The summed E-state index contributed by atoms with van der Waals surface area (Å²) in [5, 5.41) is 2.57. The summed E-state index contributed by atoms with van der Waals surface area (Å²) in [6.45, 7) is 5.01. The Morgan fingerprint density at radius 2 is 1.91 bits per heavy atom. The van der Waals surface area contributed by atoms with Crippen molar-refractivity contribution in [3.8, 4) is 0 Å². The van der Waals surface area contributed by atoms with Crippen LogP contribution in [-0.2, 0) is 22.4 Å². The molecular weight excluding hydrogens is 302 g/mol. The van der Waals surface area contributed by atoms with Crippen LogP contribution in [0.25, 0.3) is 0 Å². The van der Waals surface area contributed by atoms with E-state index < -0.39 is 11.9 Å². The second-order valence-electron chi connectivity index (χ2n) is 5.78. The zero-order valence-corrected chi connectivity index (χ0v) is 13.8. The van der Waals surface area contributed by atoms with Gasteiger partial charge in [0.1, 0.15) is 6.04 Å². The van der Waals surface area contributed by atoms with E-state index in [-0.39, 0.29) is 17.7 Å². The predicted molar refractivity (Wildman–Crippen MR) is 84.4 cm³/mol. The molecule has 6 nitrogen and oxygen atoms in total. The second-order valence-corrected chi connectivity index (χ2v) is 6.91. The Balaban J connectivity index is 1.91. The molecule has 0 saturated carbocycles. The summed E-state index contributed by atoms with van der Waals surface area (Å²) in [6.07, 6.45) is 3.19. The zero-order valence-electron chi connectivity index (χ0n) is 13.0. The van der Waals surface area contributed by atoms with Crippen LogP contribution in [0.2, 0.25) is 0 Å². The van der Waals surface area contributed by atoms with Crippen molar-refractivity contribution in [2.75, 3.05) is 0 Å². The lowest BCUT2D eigenvalue weighted by Crippen LogP contribution is -2.53. The molecule has 0 aliphatic heterocycles. The number of hydrogen-bond acceptors (Lipinski definition) is 4. The molecule has 3 N–H and O–H groups in total. The van der Waals surface area contributed by atoms with Gasteiger partial charge in [0.25, 0.3) is 11.8 Å². The van der Waals surface area contributed by atoms with Crippen molar-refractivity contribution in [2.24, 2.45) is 5.92 Å². The first-order chi connectivity index (χ1) is 10.4. The fraction of sp³-hybridized carbons (Fsp3) is 0.533. The molecule has 120 valence electrons. The van der Waals surface area contributed by atoms with Crippen LogP contribution in [0.5, 0.6) is 0 Å². The minimum Gasteiger partial charge on any atom is -0.344 e. The van der Waals surface area contributed by atoms with Crippen molar-refractivity contribution < 1.29 is 14.4 Å². The van der Waals surface area contributed by atoms with Gasteiger partial charge in [-0.2, -0.15) is 0 Å². The lowest BCUT2D eigenvalue weighted by atomic mass is 10.0. The molecule has 1 aliphatic rings. The number of carbonyl (C=O) groups excluding carboxylic acids is 3.